The Hall–Kier alpha value is -1.75. The number of benzene rings is 2. The van der Waals surface area contributed by atoms with Gasteiger partial charge in [0.25, 0.3) is 0 Å². The molecule has 2 atom stereocenters. The lowest BCUT2D eigenvalue weighted by Gasteiger charge is -2.22. The van der Waals surface area contributed by atoms with E-state index >= 15 is 0 Å². The summed E-state index contributed by atoms with van der Waals surface area (Å²) in [6.07, 6.45) is 0. The molecule has 0 aromatic heterocycles. The molecule has 2 aliphatic heterocycles. The van der Waals surface area contributed by atoms with Crippen molar-refractivity contribution in [1.29, 1.82) is 0 Å². The van der Waals surface area contributed by atoms with Crippen molar-refractivity contribution in [2.75, 3.05) is 26.3 Å². The highest BCUT2D eigenvalue weighted by Crippen LogP contribution is 2.39. The van der Waals surface area contributed by atoms with Gasteiger partial charge >= 0.3 is 0 Å². The molecule has 5 heteroatoms. The molecule has 0 spiro atoms. The van der Waals surface area contributed by atoms with Crippen LogP contribution in [0, 0.1) is 0 Å². The highest BCUT2D eigenvalue weighted by molar-refractivity contribution is 6.32. The summed E-state index contributed by atoms with van der Waals surface area (Å²) in [5.41, 5.74) is 8.83. The van der Waals surface area contributed by atoms with E-state index < -0.39 is 0 Å². The number of halogens is 1. The Balaban J connectivity index is 1.49. The molecule has 2 aliphatic rings. The summed E-state index contributed by atoms with van der Waals surface area (Å²) >= 11 is 6.34. The summed E-state index contributed by atoms with van der Waals surface area (Å²) in [5.74, 6) is 1.78. The topological polar surface area (TPSA) is 47.7 Å². The number of ether oxygens (including phenoxy) is 2. The summed E-state index contributed by atoms with van der Waals surface area (Å²) < 4.78 is 11.2. The fraction of sp³-hybridized carbons (Fsp3) is 0.368. The average molecular weight is 345 g/mol. The van der Waals surface area contributed by atoms with Crippen LogP contribution in [0.25, 0.3) is 0 Å². The molecule has 1 fully saturated rings. The molecule has 0 amide bonds. The van der Waals surface area contributed by atoms with E-state index in [1.165, 1.54) is 5.56 Å². The van der Waals surface area contributed by atoms with Gasteiger partial charge in [-0.25, -0.2) is 0 Å². The van der Waals surface area contributed by atoms with Gasteiger partial charge in [-0.2, -0.15) is 0 Å². The van der Waals surface area contributed by atoms with Crippen molar-refractivity contribution in [2.24, 2.45) is 5.73 Å². The van der Waals surface area contributed by atoms with Gasteiger partial charge in [-0.05, 0) is 23.3 Å². The van der Waals surface area contributed by atoms with Crippen LogP contribution in [0.15, 0.2) is 42.5 Å². The first kappa shape index (κ1) is 15.8. The minimum Gasteiger partial charge on any atom is -0.486 e. The number of nitrogens with two attached hydrogens (primary N) is 1. The third-order valence-electron chi connectivity index (χ3n) is 4.73. The molecular weight excluding hydrogens is 324 g/mol. The van der Waals surface area contributed by atoms with Gasteiger partial charge in [0.15, 0.2) is 11.5 Å². The second-order valence-corrected chi connectivity index (χ2v) is 6.88. The van der Waals surface area contributed by atoms with Crippen LogP contribution in [0.2, 0.25) is 5.02 Å². The van der Waals surface area contributed by atoms with E-state index in [0.29, 0.717) is 29.9 Å². The Bertz CT molecular complexity index is 723. The van der Waals surface area contributed by atoms with Crippen LogP contribution >= 0.6 is 11.6 Å². The summed E-state index contributed by atoms with van der Waals surface area (Å²) in [6, 6.07) is 14.7. The van der Waals surface area contributed by atoms with Crippen molar-refractivity contribution in [1.82, 2.24) is 4.90 Å². The monoisotopic (exact) mass is 344 g/mol. The van der Waals surface area contributed by atoms with Crippen molar-refractivity contribution in [3.63, 3.8) is 0 Å². The zero-order chi connectivity index (χ0) is 16.5. The van der Waals surface area contributed by atoms with Gasteiger partial charge in [0.2, 0.25) is 0 Å². The first-order valence-corrected chi connectivity index (χ1v) is 8.69. The minimum atomic E-state index is 0.153. The molecule has 1 saturated heterocycles. The van der Waals surface area contributed by atoms with E-state index in [0.717, 1.165) is 30.9 Å². The molecule has 0 aliphatic carbocycles. The van der Waals surface area contributed by atoms with Crippen LogP contribution in [0.3, 0.4) is 0 Å². The van der Waals surface area contributed by atoms with E-state index in [1.807, 2.05) is 18.2 Å². The van der Waals surface area contributed by atoms with Crippen molar-refractivity contribution in [3.8, 4) is 11.5 Å². The fourth-order valence-electron chi connectivity index (χ4n) is 3.61. The number of fused-ring (bicyclic) bond motifs is 1. The maximum atomic E-state index is 6.38. The molecule has 2 N–H and O–H groups in total. The summed E-state index contributed by atoms with van der Waals surface area (Å²) in [5, 5.41) is 0.616. The van der Waals surface area contributed by atoms with E-state index in [4.69, 9.17) is 26.8 Å². The van der Waals surface area contributed by atoms with Crippen LogP contribution in [0.1, 0.15) is 17.0 Å². The molecule has 4 nitrogen and oxygen atoms in total. The normalized spacial score (nSPS) is 23.4. The minimum absolute atomic E-state index is 0.153. The molecular formula is C19H21ClN2O2. The maximum absolute atomic E-state index is 6.38. The zero-order valence-corrected chi connectivity index (χ0v) is 14.2. The number of likely N-dealkylation sites (tertiary alicyclic amines) is 1. The molecule has 0 saturated carbocycles. The highest BCUT2D eigenvalue weighted by atomic mass is 35.5. The number of rotatable bonds is 3. The quantitative estimate of drug-likeness (QED) is 0.929. The van der Waals surface area contributed by atoms with Crippen molar-refractivity contribution in [3.05, 3.63) is 58.6 Å². The Labute approximate surface area is 147 Å². The summed E-state index contributed by atoms with van der Waals surface area (Å²) in [7, 11) is 0. The third-order valence-corrected chi connectivity index (χ3v) is 5.01. The molecule has 0 unspecified atom stereocenters. The predicted octanol–water partition coefficient (Wildman–Crippen LogP) is 3.04. The number of hydrogen-bond acceptors (Lipinski definition) is 4. The molecule has 2 aromatic rings. The van der Waals surface area contributed by atoms with Crippen LogP contribution < -0.4 is 15.2 Å². The molecule has 126 valence electrons. The second-order valence-electron chi connectivity index (χ2n) is 6.48. The summed E-state index contributed by atoms with van der Waals surface area (Å²) in [6.45, 7) is 3.76. The lowest BCUT2D eigenvalue weighted by atomic mass is 9.95. The van der Waals surface area contributed by atoms with Gasteiger partial charge in [-0.3, -0.25) is 4.90 Å². The zero-order valence-electron chi connectivity index (χ0n) is 13.5. The average Bonchev–Trinajstić information content (AvgIpc) is 2.96. The first-order valence-electron chi connectivity index (χ1n) is 8.31. The van der Waals surface area contributed by atoms with Gasteiger partial charge in [0.05, 0.1) is 5.02 Å². The number of hydrogen-bond donors (Lipinski definition) is 1. The van der Waals surface area contributed by atoms with Crippen LogP contribution in [-0.2, 0) is 6.54 Å². The molecule has 24 heavy (non-hydrogen) atoms. The van der Waals surface area contributed by atoms with Crippen molar-refractivity contribution >= 4 is 11.6 Å². The predicted molar refractivity (Wildman–Crippen MR) is 94.9 cm³/mol. The lowest BCUT2D eigenvalue weighted by Crippen LogP contribution is -2.28. The van der Waals surface area contributed by atoms with Gasteiger partial charge < -0.3 is 15.2 Å². The van der Waals surface area contributed by atoms with E-state index in [-0.39, 0.29) is 6.04 Å². The highest BCUT2D eigenvalue weighted by Gasteiger charge is 2.31. The van der Waals surface area contributed by atoms with Crippen LogP contribution in [0.5, 0.6) is 11.5 Å². The van der Waals surface area contributed by atoms with Gasteiger partial charge in [0, 0.05) is 31.6 Å². The van der Waals surface area contributed by atoms with Crippen molar-refractivity contribution < 1.29 is 9.47 Å². The first-order chi connectivity index (χ1) is 11.7. The van der Waals surface area contributed by atoms with Gasteiger partial charge in [-0.15, -0.1) is 0 Å². The maximum Gasteiger partial charge on any atom is 0.179 e. The molecule has 4 rings (SSSR count). The standard InChI is InChI=1S/C19H21ClN2O2/c20-16-8-13(9-18-19(16)24-7-6-23-18)10-22-11-15(17(21)12-22)14-4-2-1-3-5-14/h1-5,8-9,15,17H,6-7,10-12,21H2/t15-,17+/m0/s1. The molecule has 0 radical (unpaired) electrons. The second kappa shape index (κ2) is 6.63. The Kier molecular flexibility index (Phi) is 4.35. The fourth-order valence-corrected chi connectivity index (χ4v) is 3.90. The molecule has 2 heterocycles. The molecule has 2 aromatic carbocycles. The smallest absolute Gasteiger partial charge is 0.179 e. The Morgan fingerprint density at radius 1 is 1.08 bits per heavy atom. The third kappa shape index (κ3) is 3.09. The lowest BCUT2D eigenvalue weighted by molar-refractivity contribution is 0.171. The van der Waals surface area contributed by atoms with Crippen LogP contribution in [0.4, 0.5) is 0 Å². The number of nitrogens with zero attached hydrogens (tertiary/aromatic N) is 1. The van der Waals surface area contributed by atoms with E-state index in [2.05, 4.69) is 29.2 Å². The van der Waals surface area contributed by atoms with Gasteiger partial charge in [-0.1, -0.05) is 41.9 Å². The molecule has 0 bridgehead atoms. The summed E-state index contributed by atoms with van der Waals surface area (Å²) in [4.78, 5) is 2.38. The van der Waals surface area contributed by atoms with Gasteiger partial charge in [0.1, 0.15) is 13.2 Å². The Morgan fingerprint density at radius 3 is 2.71 bits per heavy atom. The van der Waals surface area contributed by atoms with E-state index in [1.54, 1.807) is 0 Å². The van der Waals surface area contributed by atoms with Crippen molar-refractivity contribution in [2.45, 2.75) is 18.5 Å². The van der Waals surface area contributed by atoms with Crippen LogP contribution in [-0.4, -0.2) is 37.2 Å². The van der Waals surface area contributed by atoms with E-state index in [9.17, 15) is 0 Å². The largest absolute Gasteiger partial charge is 0.486 e. The SMILES string of the molecule is N[C@@H]1CN(Cc2cc(Cl)c3c(c2)OCCO3)C[C@H]1c1ccccc1. The Morgan fingerprint density at radius 2 is 1.88 bits per heavy atom.